The number of amides is 2. The largest absolute Gasteiger partial charge is 0.488 e. The number of para-hydroxylation sites is 1. The predicted octanol–water partition coefficient (Wildman–Crippen LogP) is 6.87. The lowest BCUT2D eigenvalue weighted by atomic mass is 10.1. The van der Waals surface area contributed by atoms with Crippen LogP contribution in [0.3, 0.4) is 0 Å². The second kappa shape index (κ2) is 18.3. The lowest BCUT2D eigenvalue weighted by Crippen LogP contribution is -2.44. The van der Waals surface area contributed by atoms with Crippen molar-refractivity contribution in [2.75, 3.05) is 50.2 Å². The van der Waals surface area contributed by atoms with E-state index in [9.17, 15) is 14.4 Å². The molecule has 1 atom stereocenters. The molecule has 1 heterocycles. The summed E-state index contributed by atoms with van der Waals surface area (Å²) in [5.74, 6) is -0.241. The molecule has 4 rings (SSSR count). The first-order valence-electron chi connectivity index (χ1n) is 17.4. The van der Waals surface area contributed by atoms with Crippen molar-refractivity contribution in [1.29, 1.82) is 5.41 Å². The van der Waals surface area contributed by atoms with Gasteiger partial charge in [-0.05, 0) is 97.0 Å². The normalized spacial score (nSPS) is 14.0. The van der Waals surface area contributed by atoms with Crippen molar-refractivity contribution in [3.05, 3.63) is 82.4 Å². The molecule has 1 saturated heterocycles. The minimum Gasteiger partial charge on any atom is -0.488 e. The van der Waals surface area contributed by atoms with Gasteiger partial charge in [-0.1, -0.05) is 23.7 Å². The highest BCUT2D eigenvalue weighted by atomic mass is 35.5. The molecular formula is C39H50ClN5O8. The van der Waals surface area contributed by atoms with Gasteiger partial charge in [-0.3, -0.25) is 20.4 Å². The fourth-order valence-electron chi connectivity index (χ4n) is 5.26. The zero-order chi connectivity index (χ0) is 38.8. The Balaban J connectivity index is 1.48. The van der Waals surface area contributed by atoms with Gasteiger partial charge in [-0.25, -0.2) is 9.59 Å². The smallest absolute Gasteiger partial charge is 0.413 e. The van der Waals surface area contributed by atoms with Crippen molar-refractivity contribution in [2.24, 2.45) is 0 Å². The Hall–Kier alpha value is -4.85. The van der Waals surface area contributed by atoms with Crippen LogP contribution >= 0.6 is 11.6 Å². The lowest BCUT2D eigenvalue weighted by Gasteiger charge is -2.32. The van der Waals surface area contributed by atoms with Crippen LogP contribution in [0.5, 0.6) is 11.5 Å². The lowest BCUT2D eigenvalue weighted by molar-refractivity contribution is -0.157. The molecule has 2 amide bonds. The van der Waals surface area contributed by atoms with Gasteiger partial charge in [0.1, 0.15) is 23.6 Å². The summed E-state index contributed by atoms with van der Waals surface area (Å²) >= 11 is 6.33. The standard InChI is InChI=1S/C39H50ClN5O8/c1-25(45-17-19-49-20-18-45)23-50-32-10-8-9-27(34(32)51-24-33(46)52-38(2,3)4)22-42-31-16-13-28(40)21-30(31)36(47)43-29-14-11-26(12-15-29)35(41)44-37(48)53-39(5,6)7/h8-16,21,25,42H,17-20,22-24H2,1-7H3,(H,43,47)(H2,41,44,48). The molecule has 0 radical (unpaired) electrons. The number of rotatable bonds is 13. The summed E-state index contributed by atoms with van der Waals surface area (Å²) in [6.07, 6.45) is -0.736. The SMILES string of the molecule is CC(COc1cccc(CNc2ccc(Cl)cc2C(=O)Nc2ccc(C(=N)NC(=O)OC(C)(C)C)cc2)c1OCC(=O)OC(C)(C)C)N1CCOCC1. The Morgan fingerprint density at radius 1 is 0.925 bits per heavy atom. The number of nitrogens with zero attached hydrogens (tertiary/aromatic N) is 1. The molecule has 3 aromatic rings. The third-order valence-corrected chi connectivity index (χ3v) is 7.95. The minimum absolute atomic E-state index is 0.117. The minimum atomic E-state index is -0.736. The summed E-state index contributed by atoms with van der Waals surface area (Å²) in [4.78, 5) is 40.6. The molecule has 1 aliphatic rings. The number of hydrogen-bond donors (Lipinski definition) is 4. The van der Waals surface area contributed by atoms with E-state index in [2.05, 4.69) is 27.8 Å². The second-order valence-corrected chi connectivity index (χ2v) is 14.9. The monoisotopic (exact) mass is 751 g/mol. The molecule has 14 heteroatoms. The number of ether oxygens (including phenoxy) is 5. The quantitative estimate of drug-likeness (QED) is 0.0824. The van der Waals surface area contributed by atoms with Crippen LogP contribution in [-0.4, -0.2) is 85.5 Å². The Labute approximate surface area is 316 Å². The highest BCUT2D eigenvalue weighted by molar-refractivity contribution is 6.31. The Morgan fingerprint density at radius 2 is 1.60 bits per heavy atom. The molecular weight excluding hydrogens is 702 g/mol. The van der Waals surface area contributed by atoms with Gasteiger partial charge < -0.3 is 34.3 Å². The van der Waals surface area contributed by atoms with Gasteiger partial charge in [0.05, 0.1) is 18.8 Å². The highest BCUT2D eigenvalue weighted by Crippen LogP contribution is 2.33. The number of morpholine rings is 1. The maximum atomic E-state index is 13.6. The summed E-state index contributed by atoms with van der Waals surface area (Å²) in [6.45, 7) is 15.9. The molecule has 53 heavy (non-hydrogen) atoms. The summed E-state index contributed by atoms with van der Waals surface area (Å²) in [5, 5.41) is 17.2. The van der Waals surface area contributed by atoms with E-state index < -0.39 is 29.2 Å². The number of alkyl carbamates (subject to hydrolysis) is 1. The van der Waals surface area contributed by atoms with Crippen LogP contribution in [0.15, 0.2) is 60.7 Å². The van der Waals surface area contributed by atoms with Crippen LogP contribution in [0.1, 0.15) is 70.0 Å². The maximum Gasteiger partial charge on any atom is 0.413 e. The summed E-state index contributed by atoms with van der Waals surface area (Å²) in [6, 6.07) is 17.0. The number of esters is 1. The third kappa shape index (κ3) is 13.3. The molecule has 0 saturated carbocycles. The fraction of sp³-hybridized carbons (Fsp3) is 0.436. The van der Waals surface area contributed by atoms with Gasteiger partial charge in [0.25, 0.3) is 5.91 Å². The van der Waals surface area contributed by atoms with E-state index in [1.807, 2.05) is 12.1 Å². The molecule has 0 bridgehead atoms. The van der Waals surface area contributed by atoms with E-state index in [0.29, 0.717) is 58.8 Å². The van der Waals surface area contributed by atoms with Crippen molar-refractivity contribution < 1.29 is 38.1 Å². The summed E-state index contributed by atoms with van der Waals surface area (Å²) in [7, 11) is 0. The molecule has 286 valence electrons. The molecule has 3 aromatic carbocycles. The van der Waals surface area contributed by atoms with E-state index in [-0.39, 0.29) is 30.6 Å². The van der Waals surface area contributed by atoms with Gasteiger partial charge in [0.15, 0.2) is 18.1 Å². The third-order valence-electron chi connectivity index (χ3n) is 7.72. The molecule has 1 aliphatic heterocycles. The fourth-order valence-corrected chi connectivity index (χ4v) is 5.43. The van der Waals surface area contributed by atoms with Gasteiger partial charge in [0.2, 0.25) is 0 Å². The molecule has 1 fully saturated rings. The number of benzene rings is 3. The van der Waals surface area contributed by atoms with Crippen LogP contribution in [-0.2, 0) is 25.5 Å². The van der Waals surface area contributed by atoms with Crippen LogP contribution in [0.2, 0.25) is 5.02 Å². The summed E-state index contributed by atoms with van der Waals surface area (Å²) in [5.41, 5.74) is 0.967. The first-order chi connectivity index (χ1) is 25.0. The van der Waals surface area contributed by atoms with E-state index in [4.69, 9.17) is 40.7 Å². The molecule has 0 aliphatic carbocycles. The maximum absolute atomic E-state index is 13.6. The number of hydrogen-bond acceptors (Lipinski definition) is 11. The second-order valence-electron chi connectivity index (χ2n) is 14.5. The number of nitrogens with one attached hydrogen (secondary N) is 4. The average Bonchev–Trinajstić information content (AvgIpc) is 3.08. The van der Waals surface area contributed by atoms with Crippen LogP contribution in [0.25, 0.3) is 0 Å². The Bertz CT molecular complexity index is 1750. The van der Waals surface area contributed by atoms with Crippen LogP contribution in [0, 0.1) is 5.41 Å². The van der Waals surface area contributed by atoms with Crippen molar-refractivity contribution in [3.63, 3.8) is 0 Å². The highest BCUT2D eigenvalue weighted by Gasteiger charge is 2.22. The van der Waals surface area contributed by atoms with Gasteiger partial charge in [-0.2, -0.15) is 0 Å². The van der Waals surface area contributed by atoms with Crippen LogP contribution < -0.4 is 25.4 Å². The molecule has 4 N–H and O–H groups in total. The van der Waals surface area contributed by atoms with Gasteiger partial charge in [-0.15, -0.1) is 0 Å². The van der Waals surface area contributed by atoms with E-state index >= 15 is 0 Å². The Kier molecular flexibility index (Phi) is 14.1. The van der Waals surface area contributed by atoms with Gasteiger partial charge in [0, 0.05) is 53.2 Å². The first-order valence-corrected chi connectivity index (χ1v) is 17.8. The zero-order valence-electron chi connectivity index (χ0n) is 31.4. The van der Waals surface area contributed by atoms with Crippen molar-refractivity contribution >= 4 is 46.8 Å². The van der Waals surface area contributed by atoms with Crippen molar-refractivity contribution in [3.8, 4) is 11.5 Å². The van der Waals surface area contributed by atoms with Crippen molar-refractivity contribution in [1.82, 2.24) is 10.2 Å². The molecule has 0 spiro atoms. The topological polar surface area (TPSA) is 161 Å². The molecule has 0 aromatic heterocycles. The summed E-state index contributed by atoms with van der Waals surface area (Å²) < 4.78 is 28.5. The molecule has 13 nitrogen and oxygen atoms in total. The van der Waals surface area contributed by atoms with Crippen LogP contribution in [0.4, 0.5) is 16.2 Å². The predicted molar refractivity (Wildman–Crippen MR) is 205 cm³/mol. The number of carbonyl (C=O) groups is 3. The van der Waals surface area contributed by atoms with E-state index in [0.717, 1.165) is 13.1 Å². The molecule has 1 unspecified atom stereocenters. The number of amidine groups is 1. The Morgan fingerprint density at radius 3 is 2.26 bits per heavy atom. The van der Waals surface area contributed by atoms with Crippen molar-refractivity contribution in [2.45, 2.75) is 72.3 Å². The van der Waals surface area contributed by atoms with E-state index in [1.54, 1.807) is 90.1 Å². The number of carbonyl (C=O) groups excluding carboxylic acids is 3. The average molecular weight is 752 g/mol. The number of halogens is 1. The zero-order valence-corrected chi connectivity index (χ0v) is 32.1. The van der Waals surface area contributed by atoms with E-state index in [1.165, 1.54) is 0 Å². The first kappa shape index (κ1) is 40.9. The van der Waals surface area contributed by atoms with Gasteiger partial charge >= 0.3 is 12.1 Å². The number of anilines is 2.